The Hall–Kier alpha value is -3.17. The summed E-state index contributed by atoms with van der Waals surface area (Å²) in [5.74, 6) is 0.0472. The Morgan fingerprint density at radius 2 is 1.87 bits per heavy atom. The van der Waals surface area contributed by atoms with Crippen molar-refractivity contribution in [1.82, 2.24) is 28.2 Å². The van der Waals surface area contributed by atoms with E-state index < -0.39 is 0 Å². The summed E-state index contributed by atoms with van der Waals surface area (Å²) in [6.07, 6.45) is 3.01. The zero-order valence-electron chi connectivity index (χ0n) is 12.7. The van der Waals surface area contributed by atoms with E-state index in [1.54, 1.807) is 18.7 Å². The highest BCUT2D eigenvalue weighted by Crippen LogP contribution is 2.06. The number of anilines is 1. The van der Waals surface area contributed by atoms with Crippen molar-refractivity contribution in [3.8, 4) is 0 Å². The summed E-state index contributed by atoms with van der Waals surface area (Å²) >= 11 is 0. The summed E-state index contributed by atoms with van der Waals surface area (Å²) < 4.78 is 5.49. The van der Waals surface area contributed by atoms with Gasteiger partial charge in [0.05, 0.1) is 6.33 Å². The first kappa shape index (κ1) is 14.8. The summed E-state index contributed by atoms with van der Waals surface area (Å²) in [5.41, 5.74) is 5.85. The number of hydrogen-bond donors (Lipinski definition) is 2. The molecule has 3 N–H and O–H groups in total. The van der Waals surface area contributed by atoms with Crippen molar-refractivity contribution in [2.45, 2.75) is 13.1 Å². The number of nitrogen functional groups attached to an aromatic ring is 1. The van der Waals surface area contributed by atoms with Crippen LogP contribution in [0, 0.1) is 5.41 Å². The van der Waals surface area contributed by atoms with Crippen LogP contribution in [-0.2, 0) is 27.2 Å². The van der Waals surface area contributed by atoms with E-state index >= 15 is 0 Å². The highest BCUT2D eigenvalue weighted by Gasteiger charge is 2.13. The smallest absolute Gasteiger partial charge is 0.329 e. The number of nitrogens with zero attached hydrogens (tertiary/aromatic N) is 6. The van der Waals surface area contributed by atoms with Crippen molar-refractivity contribution in [2.75, 3.05) is 5.73 Å². The molecule has 0 aromatic carbocycles. The van der Waals surface area contributed by atoms with Gasteiger partial charge in [0.2, 0.25) is 5.95 Å². The van der Waals surface area contributed by atoms with Crippen molar-refractivity contribution < 1.29 is 0 Å². The molecule has 0 fully saturated rings. The van der Waals surface area contributed by atoms with Gasteiger partial charge in [-0.1, -0.05) is 0 Å². The molecule has 23 heavy (non-hydrogen) atoms. The fourth-order valence-electron chi connectivity index (χ4n) is 2.37. The van der Waals surface area contributed by atoms with Crippen LogP contribution >= 0.6 is 0 Å². The van der Waals surface area contributed by atoms with Gasteiger partial charge in [-0.2, -0.15) is 4.98 Å². The Bertz CT molecular complexity index is 1070. The first-order chi connectivity index (χ1) is 10.9. The molecular formula is C13H16N8O2. The second-order valence-corrected chi connectivity index (χ2v) is 5.20. The summed E-state index contributed by atoms with van der Waals surface area (Å²) in [6, 6.07) is 1.51. The summed E-state index contributed by atoms with van der Waals surface area (Å²) in [6.45, 7) is 0.260. The van der Waals surface area contributed by atoms with Crippen molar-refractivity contribution >= 4 is 17.1 Å². The quantitative estimate of drug-likeness (QED) is 0.600. The van der Waals surface area contributed by atoms with E-state index in [-0.39, 0.29) is 41.3 Å². The van der Waals surface area contributed by atoms with Crippen molar-refractivity contribution in [1.29, 1.82) is 5.41 Å². The van der Waals surface area contributed by atoms with E-state index in [1.807, 2.05) is 0 Å². The predicted molar refractivity (Wildman–Crippen MR) is 82.7 cm³/mol. The molecule has 120 valence electrons. The largest absolute Gasteiger partial charge is 0.369 e. The van der Waals surface area contributed by atoms with E-state index in [0.29, 0.717) is 5.65 Å². The summed E-state index contributed by atoms with van der Waals surface area (Å²) in [7, 11) is 3.32. The van der Waals surface area contributed by atoms with E-state index in [1.165, 1.54) is 32.3 Å². The minimum Gasteiger partial charge on any atom is -0.369 e. The SMILES string of the molecule is Cn1ccc(=N)n(CCn2c(N)nc3c(ncn3C)c2=O)c1=O. The molecule has 0 saturated heterocycles. The monoisotopic (exact) mass is 316 g/mol. The molecule has 3 aromatic heterocycles. The number of fused-ring (bicyclic) bond motifs is 1. The maximum absolute atomic E-state index is 12.4. The molecule has 0 radical (unpaired) electrons. The molecule has 0 aliphatic heterocycles. The van der Waals surface area contributed by atoms with Crippen LogP contribution < -0.4 is 22.5 Å². The Morgan fingerprint density at radius 3 is 2.61 bits per heavy atom. The van der Waals surface area contributed by atoms with Crippen LogP contribution in [0.5, 0.6) is 0 Å². The number of imidazole rings is 1. The summed E-state index contributed by atoms with van der Waals surface area (Å²) in [4.78, 5) is 32.7. The maximum Gasteiger partial charge on any atom is 0.329 e. The lowest BCUT2D eigenvalue weighted by atomic mass is 10.4. The molecule has 10 nitrogen and oxygen atoms in total. The van der Waals surface area contributed by atoms with Gasteiger partial charge in [0.15, 0.2) is 11.2 Å². The third-order valence-electron chi connectivity index (χ3n) is 3.68. The number of hydrogen-bond acceptors (Lipinski definition) is 6. The van der Waals surface area contributed by atoms with E-state index in [9.17, 15) is 9.59 Å². The second-order valence-electron chi connectivity index (χ2n) is 5.20. The van der Waals surface area contributed by atoms with Crippen LogP contribution in [0.4, 0.5) is 5.95 Å². The van der Waals surface area contributed by atoms with Gasteiger partial charge >= 0.3 is 5.69 Å². The number of rotatable bonds is 3. The Kier molecular flexibility index (Phi) is 3.36. The molecule has 3 rings (SSSR count). The molecule has 0 amide bonds. The average molecular weight is 316 g/mol. The van der Waals surface area contributed by atoms with Gasteiger partial charge < -0.3 is 14.9 Å². The van der Waals surface area contributed by atoms with Gasteiger partial charge in [-0.3, -0.25) is 19.3 Å². The van der Waals surface area contributed by atoms with Crippen molar-refractivity contribution in [2.24, 2.45) is 14.1 Å². The van der Waals surface area contributed by atoms with Gasteiger partial charge in [-0.15, -0.1) is 0 Å². The van der Waals surface area contributed by atoms with E-state index in [4.69, 9.17) is 11.1 Å². The predicted octanol–water partition coefficient (Wildman–Crippen LogP) is -1.61. The van der Waals surface area contributed by atoms with Crippen LogP contribution in [0.15, 0.2) is 28.2 Å². The van der Waals surface area contributed by atoms with Crippen LogP contribution in [-0.4, -0.2) is 28.2 Å². The second kappa shape index (κ2) is 5.23. The molecule has 0 spiro atoms. The van der Waals surface area contributed by atoms with Gasteiger partial charge in [-0.05, 0) is 6.07 Å². The van der Waals surface area contributed by atoms with Crippen LogP contribution in [0.3, 0.4) is 0 Å². The maximum atomic E-state index is 12.4. The van der Waals surface area contributed by atoms with Crippen molar-refractivity contribution in [3.05, 3.63) is 44.9 Å². The normalized spacial score (nSPS) is 11.2. The molecule has 0 bridgehead atoms. The Morgan fingerprint density at radius 1 is 1.17 bits per heavy atom. The Balaban J connectivity index is 2.04. The molecule has 0 aliphatic carbocycles. The number of aryl methyl sites for hydroxylation is 2. The van der Waals surface area contributed by atoms with Crippen molar-refractivity contribution in [3.63, 3.8) is 0 Å². The number of nitrogens with one attached hydrogen (secondary N) is 1. The van der Waals surface area contributed by atoms with E-state index in [0.717, 1.165) is 0 Å². The van der Waals surface area contributed by atoms with E-state index in [2.05, 4.69) is 9.97 Å². The van der Waals surface area contributed by atoms with Crippen LogP contribution in [0.1, 0.15) is 0 Å². The number of aromatic nitrogens is 6. The molecule has 10 heteroatoms. The van der Waals surface area contributed by atoms with Crippen LogP contribution in [0.2, 0.25) is 0 Å². The van der Waals surface area contributed by atoms with Gasteiger partial charge in [-0.25, -0.2) is 9.78 Å². The minimum atomic E-state index is -0.368. The molecule has 0 atom stereocenters. The molecule has 3 aromatic rings. The molecule has 0 aliphatic rings. The van der Waals surface area contributed by atoms with Crippen LogP contribution in [0.25, 0.3) is 11.2 Å². The topological polar surface area (TPSA) is 130 Å². The lowest BCUT2D eigenvalue weighted by Gasteiger charge is -2.11. The first-order valence-corrected chi connectivity index (χ1v) is 6.88. The molecule has 3 heterocycles. The average Bonchev–Trinajstić information content (AvgIpc) is 2.87. The minimum absolute atomic E-state index is 0.0472. The first-order valence-electron chi connectivity index (χ1n) is 6.88. The Labute approximate surface area is 129 Å². The highest BCUT2D eigenvalue weighted by molar-refractivity contribution is 5.70. The fourth-order valence-corrected chi connectivity index (χ4v) is 2.37. The molecular weight excluding hydrogens is 300 g/mol. The van der Waals surface area contributed by atoms with Gasteiger partial charge in [0.25, 0.3) is 5.56 Å². The van der Waals surface area contributed by atoms with Gasteiger partial charge in [0, 0.05) is 33.4 Å². The lowest BCUT2D eigenvalue weighted by Crippen LogP contribution is -2.40. The molecule has 0 unspecified atom stereocenters. The third-order valence-corrected chi connectivity index (χ3v) is 3.68. The third kappa shape index (κ3) is 2.33. The zero-order valence-corrected chi connectivity index (χ0v) is 12.7. The standard InChI is InChI=1S/C13H16N8O2/c1-18-4-3-8(14)20(13(18)23)5-6-21-11(22)9-10(17-12(21)15)19(2)7-16-9/h3-4,7,14H,5-6H2,1-2H3,(H2,15,17). The summed E-state index contributed by atoms with van der Waals surface area (Å²) in [5, 5.41) is 7.82. The lowest BCUT2D eigenvalue weighted by molar-refractivity contribution is 0.510. The fraction of sp³-hybridized carbons (Fsp3) is 0.308. The van der Waals surface area contributed by atoms with Gasteiger partial charge in [0.1, 0.15) is 5.49 Å². The molecule has 0 saturated carbocycles. The number of nitrogens with two attached hydrogens (primary N) is 1. The highest BCUT2D eigenvalue weighted by atomic mass is 16.1. The zero-order chi connectivity index (χ0) is 16.7.